The molecule has 3 rings (SSSR count). The Bertz CT molecular complexity index is 852. The summed E-state index contributed by atoms with van der Waals surface area (Å²) in [5.74, 6) is 1.75. The van der Waals surface area contributed by atoms with Gasteiger partial charge in [-0.05, 0) is 30.0 Å². The van der Waals surface area contributed by atoms with Gasteiger partial charge in [-0.2, -0.15) is 0 Å². The van der Waals surface area contributed by atoms with Gasteiger partial charge in [-0.15, -0.1) is 0 Å². The summed E-state index contributed by atoms with van der Waals surface area (Å²) in [7, 11) is 0. The summed E-state index contributed by atoms with van der Waals surface area (Å²) in [6.45, 7) is 6.05. The molecule has 2 aromatic carbocycles. The minimum Gasteiger partial charge on any atom is -0.355 e. The molecule has 1 aromatic heterocycles. The van der Waals surface area contributed by atoms with Gasteiger partial charge in [-0.3, -0.25) is 4.79 Å². The predicted octanol–water partition coefficient (Wildman–Crippen LogP) is 3.98. The first kappa shape index (κ1) is 18.2. The molecule has 4 heteroatoms. The predicted molar refractivity (Wildman–Crippen MR) is 106 cm³/mol. The summed E-state index contributed by atoms with van der Waals surface area (Å²) in [6, 6.07) is 18.1. The quantitative estimate of drug-likeness (QED) is 0.668. The smallest absolute Gasteiger partial charge is 0.224 e. The van der Waals surface area contributed by atoms with E-state index < -0.39 is 0 Å². The van der Waals surface area contributed by atoms with Gasteiger partial charge >= 0.3 is 0 Å². The SMILES string of the molecule is CC(C)CCn1c(CCNC(=O)Cc2ccccc2)nc2ccccc21. The third kappa shape index (κ3) is 4.72. The largest absolute Gasteiger partial charge is 0.355 e. The minimum atomic E-state index is 0.0565. The van der Waals surface area contributed by atoms with Crippen molar-refractivity contribution in [2.75, 3.05) is 6.54 Å². The molecule has 0 fully saturated rings. The van der Waals surface area contributed by atoms with Gasteiger partial charge in [-0.1, -0.05) is 56.3 Å². The molecule has 0 saturated heterocycles. The normalized spacial score (nSPS) is 11.2. The molecular formula is C22H27N3O. The fourth-order valence-electron chi connectivity index (χ4n) is 3.11. The van der Waals surface area contributed by atoms with Crippen LogP contribution >= 0.6 is 0 Å². The minimum absolute atomic E-state index is 0.0565. The molecule has 0 aliphatic heterocycles. The Balaban J connectivity index is 1.62. The Morgan fingerprint density at radius 3 is 2.58 bits per heavy atom. The highest BCUT2D eigenvalue weighted by Gasteiger charge is 2.11. The lowest BCUT2D eigenvalue weighted by Gasteiger charge is -2.11. The molecule has 1 N–H and O–H groups in total. The van der Waals surface area contributed by atoms with Crippen molar-refractivity contribution in [3.63, 3.8) is 0 Å². The maximum atomic E-state index is 12.1. The number of carbonyl (C=O) groups is 1. The number of amides is 1. The van der Waals surface area contributed by atoms with Crippen LogP contribution in [0.2, 0.25) is 0 Å². The summed E-state index contributed by atoms with van der Waals surface area (Å²) in [5.41, 5.74) is 3.25. The van der Waals surface area contributed by atoms with E-state index in [1.54, 1.807) is 0 Å². The van der Waals surface area contributed by atoms with Gasteiger partial charge in [0.05, 0.1) is 17.5 Å². The van der Waals surface area contributed by atoms with E-state index in [4.69, 9.17) is 4.98 Å². The lowest BCUT2D eigenvalue weighted by Crippen LogP contribution is -2.28. The van der Waals surface area contributed by atoms with Crippen LogP contribution in [0.25, 0.3) is 11.0 Å². The number of nitrogens with zero attached hydrogens (tertiary/aromatic N) is 2. The van der Waals surface area contributed by atoms with Gasteiger partial charge in [0.1, 0.15) is 5.82 Å². The van der Waals surface area contributed by atoms with Crippen LogP contribution in [0.1, 0.15) is 31.7 Å². The lowest BCUT2D eigenvalue weighted by atomic mass is 10.1. The third-order valence-electron chi connectivity index (χ3n) is 4.54. The number of para-hydroxylation sites is 2. The van der Waals surface area contributed by atoms with Crippen molar-refractivity contribution in [1.29, 1.82) is 0 Å². The Morgan fingerprint density at radius 1 is 1.08 bits per heavy atom. The monoisotopic (exact) mass is 349 g/mol. The number of hydrogen-bond donors (Lipinski definition) is 1. The van der Waals surface area contributed by atoms with E-state index in [0.717, 1.165) is 36.3 Å². The molecule has 0 aliphatic rings. The van der Waals surface area contributed by atoms with Crippen molar-refractivity contribution in [3.05, 3.63) is 66.0 Å². The fraction of sp³-hybridized carbons (Fsp3) is 0.364. The Kier molecular flexibility index (Phi) is 6.05. The Hall–Kier alpha value is -2.62. The molecule has 0 aliphatic carbocycles. The number of carbonyl (C=O) groups excluding carboxylic acids is 1. The van der Waals surface area contributed by atoms with Crippen molar-refractivity contribution in [2.45, 2.75) is 39.7 Å². The molecule has 0 bridgehead atoms. The van der Waals surface area contributed by atoms with Gasteiger partial charge in [0, 0.05) is 19.5 Å². The average Bonchev–Trinajstić information content (AvgIpc) is 2.98. The summed E-state index contributed by atoms with van der Waals surface area (Å²) in [5, 5.41) is 3.02. The van der Waals surface area contributed by atoms with Crippen LogP contribution < -0.4 is 5.32 Å². The lowest BCUT2D eigenvalue weighted by molar-refractivity contribution is -0.120. The number of fused-ring (bicyclic) bond motifs is 1. The van der Waals surface area contributed by atoms with E-state index in [9.17, 15) is 4.79 Å². The van der Waals surface area contributed by atoms with Crippen molar-refractivity contribution >= 4 is 16.9 Å². The van der Waals surface area contributed by atoms with E-state index in [-0.39, 0.29) is 5.91 Å². The van der Waals surface area contributed by atoms with Crippen LogP contribution in [0.15, 0.2) is 54.6 Å². The highest BCUT2D eigenvalue weighted by Crippen LogP contribution is 2.18. The molecule has 0 spiro atoms. The van der Waals surface area contributed by atoms with E-state index >= 15 is 0 Å². The number of aryl methyl sites for hydroxylation is 1. The van der Waals surface area contributed by atoms with Gasteiger partial charge < -0.3 is 9.88 Å². The van der Waals surface area contributed by atoms with Crippen LogP contribution in [0.5, 0.6) is 0 Å². The number of hydrogen-bond acceptors (Lipinski definition) is 2. The number of imidazole rings is 1. The maximum Gasteiger partial charge on any atom is 0.224 e. The fourth-order valence-corrected chi connectivity index (χ4v) is 3.11. The van der Waals surface area contributed by atoms with Gasteiger partial charge in [0.2, 0.25) is 5.91 Å². The van der Waals surface area contributed by atoms with Crippen molar-refractivity contribution in [2.24, 2.45) is 5.92 Å². The molecular weight excluding hydrogens is 322 g/mol. The first-order valence-corrected chi connectivity index (χ1v) is 9.38. The maximum absolute atomic E-state index is 12.1. The van der Waals surface area contributed by atoms with Gasteiger partial charge in [-0.25, -0.2) is 4.98 Å². The number of benzene rings is 2. The topological polar surface area (TPSA) is 46.9 Å². The summed E-state index contributed by atoms with van der Waals surface area (Å²) < 4.78 is 2.30. The standard InChI is InChI=1S/C22H27N3O/c1-17(2)13-15-25-20-11-7-6-10-19(20)24-21(25)12-14-23-22(26)16-18-8-4-3-5-9-18/h3-11,17H,12-16H2,1-2H3,(H,23,26). The van der Waals surface area contributed by atoms with Crippen molar-refractivity contribution in [1.82, 2.24) is 14.9 Å². The molecule has 4 nitrogen and oxygen atoms in total. The molecule has 1 heterocycles. The Labute approximate surface area is 155 Å². The summed E-state index contributed by atoms with van der Waals surface area (Å²) in [6.07, 6.45) is 2.28. The van der Waals surface area contributed by atoms with Crippen LogP contribution in [0.3, 0.4) is 0 Å². The Morgan fingerprint density at radius 2 is 1.81 bits per heavy atom. The van der Waals surface area contributed by atoms with Crippen molar-refractivity contribution in [3.8, 4) is 0 Å². The van der Waals surface area contributed by atoms with Gasteiger partial charge in [0.15, 0.2) is 0 Å². The third-order valence-corrected chi connectivity index (χ3v) is 4.54. The molecule has 0 saturated carbocycles. The summed E-state index contributed by atoms with van der Waals surface area (Å²) in [4.78, 5) is 16.9. The zero-order chi connectivity index (χ0) is 18.4. The van der Waals surface area contributed by atoms with E-state index in [1.165, 1.54) is 5.52 Å². The molecule has 1 amide bonds. The zero-order valence-corrected chi connectivity index (χ0v) is 15.6. The second kappa shape index (κ2) is 8.65. The average molecular weight is 349 g/mol. The second-order valence-electron chi connectivity index (χ2n) is 7.11. The number of aromatic nitrogens is 2. The van der Waals surface area contributed by atoms with Crippen LogP contribution in [-0.2, 0) is 24.2 Å². The molecule has 26 heavy (non-hydrogen) atoms. The van der Waals surface area contributed by atoms with E-state index in [0.29, 0.717) is 18.9 Å². The van der Waals surface area contributed by atoms with Gasteiger partial charge in [0.25, 0.3) is 0 Å². The van der Waals surface area contributed by atoms with Crippen LogP contribution in [0, 0.1) is 5.92 Å². The van der Waals surface area contributed by atoms with Crippen LogP contribution in [0.4, 0.5) is 0 Å². The summed E-state index contributed by atoms with van der Waals surface area (Å²) >= 11 is 0. The molecule has 3 aromatic rings. The van der Waals surface area contributed by atoms with Crippen molar-refractivity contribution < 1.29 is 4.79 Å². The number of nitrogens with one attached hydrogen (secondary N) is 1. The molecule has 136 valence electrons. The van der Waals surface area contributed by atoms with Crippen LogP contribution in [-0.4, -0.2) is 22.0 Å². The second-order valence-corrected chi connectivity index (χ2v) is 7.11. The first-order chi connectivity index (χ1) is 12.6. The highest BCUT2D eigenvalue weighted by molar-refractivity contribution is 5.78. The molecule has 0 unspecified atom stereocenters. The van der Waals surface area contributed by atoms with E-state index in [2.05, 4.69) is 41.9 Å². The molecule has 0 atom stereocenters. The van der Waals surface area contributed by atoms with E-state index in [1.807, 2.05) is 36.4 Å². The first-order valence-electron chi connectivity index (χ1n) is 9.38. The highest BCUT2D eigenvalue weighted by atomic mass is 16.1. The zero-order valence-electron chi connectivity index (χ0n) is 15.6. The number of rotatable bonds is 8. The molecule has 0 radical (unpaired) electrons.